The smallest absolute Gasteiger partial charge is 0.225 e. The fraction of sp³-hybridized carbons (Fsp3) is 0.500. The van der Waals surface area contributed by atoms with Crippen molar-refractivity contribution in [2.24, 2.45) is 5.92 Å². The number of H-pyrrole nitrogens is 1. The lowest BCUT2D eigenvalue weighted by molar-refractivity contribution is -0.133. The van der Waals surface area contributed by atoms with Crippen LogP contribution in [0.3, 0.4) is 0 Å². The molecule has 110 valence electrons. The molecule has 3 heteroatoms. The molecule has 2 aromatic rings. The lowest BCUT2D eigenvalue weighted by Crippen LogP contribution is -2.38. The number of rotatable bonds is 2. The normalized spacial score (nSPS) is 20.1. The predicted octanol–water partition coefficient (Wildman–Crippen LogP) is 3.59. The molecule has 4 rings (SSSR count). The molecule has 1 aliphatic heterocycles. The minimum atomic E-state index is 0.359. The van der Waals surface area contributed by atoms with Crippen LogP contribution < -0.4 is 0 Å². The Bertz CT molecular complexity index is 676. The second-order valence-corrected chi connectivity index (χ2v) is 6.69. The summed E-state index contributed by atoms with van der Waals surface area (Å²) in [6.45, 7) is 3.98. The van der Waals surface area contributed by atoms with Crippen LogP contribution in [0.15, 0.2) is 24.3 Å². The van der Waals surface area contributed by atoms with Gasteiger partial charge in [-0.05, 0) is 56.2 Å². The standard InChI is InChI=1S/C18H22N2O/c1-12-2-5-16-15(10-12)11-17(19-16)13-6-8-20(9-7-13)18(21)14-3-4-14/h2,5,10-11,13-14,19H,3-4,6-9H2,1H3. The zero-order valence-corrected chi connectivity index (χ0v) is 12.6. The van der Waals surface area contributed by atoms with Gasteiger partial charge >= 0.3 is 0 Å². The molecule has 1 N–H and O–H groups in total. The third kappa shape index (κ3) is 2.45. The molecule has 0 radical (unpaired) electrons. The number of aromatic amines is 1. The van der Waals surface area contributed by atoms with E-state index in [4.69, 9.17) is 0 Å². The maximum Gasteiger partial charge on any atom is 0.225 e. The van der Waals surface area contributed by atoms with Gasteiger partial charge in [0.05, 0.1) is 0 Å². The molecule has 1 saturated heterocycles. The first-order valence-electron chi connectivity index (χ1n) is 8.09. The zero-order chi connectivity index (χ0) is 14.4. The highest BCUT2D eigenvalue weighted by molar-refractivity contribution is 5.82. The maximum absolute atomic E-state index is 12.1. The Balaban J connectivity index is 1.48. The molecule has 0 bridgehead atoms. The molecule has 1 saturated carbocycles. The Kier molecular flexibility index (Phi) is 3.02. The van der Waals surface area contributed by atoms with Crippen molar-refractivity contribution < 1.29 is 4.79 Å². The van der Waals surface area contributed by atoms with Crippen LogP contribution >= 0.6 is 0 Å². The van der Waals surface area contributed by atoms with E-state index in [-0.39, 0.29) is 0 Å². The number of benzene rings is 1. The average molecular weight is 282 g/mol. The molecule has 21 heavy (non-hydrogen) atoms. The van der Waals surface area contributed by atoms with Crippen molar-refractivity contribution in [1.82, 2.24) is 9.88 Å². The largest absolute Gasteiger partial charge is 0.358 e. The summed E-state index contributed by atoms with van der Waals surface area (Å²) in [6, 6.07) is 8.85. The summed E-state index contributed by atoms with van der Waals surface area (Å²) in [5, 5.41) is 1.31. The van der Waals surface area contributed by atoms with Crippen molar-refractivity contribution in [2.75, 3.05) is 13.1 Å². The molecular weight excluding hydrogens is 260 g/mol. The average Bonchev–Trinajstić information content (AvgIpc) is 3.26. The zero-order valence-electron chi connectivity index (χ0n) is 12.6. The Morgan fingerprint density at radius 3 is 2.62 bits per heavy atom. The van der Waals surface area contributed by atoms with Crippen LogP contribution in [0.4, 0.5) is 0 Å². The van der Waals surface area contributed by atoms with E-state index in [0.717, 1.165) is 38.8 Å². The minimum Gasteiger partial charge on any atom is -0.358 e. The highest BCUT2D eigenvalue weighted by Crippen LogP contribution is 2.35. The summed E-state index contributed by atoms with van der Waals surface area (Å²) < 4.78 is 0. The highest BCUT2D eigenvalue weighted by Gasteiger charge is 2.35. The van der Waals surface area contributed by atoms with Gasteiger partial charge in [-0.25, -0.2) is 0 Å². The molecular formula is C18H22N2O. The first kappa shape index (κ1) is 12.9. The summed E-state index contributed by atoms with van der Waals surface area (Å²) in [5.74, 6) is 1.33. The third-order valence-corrected chi connectivity index (χ3v) is 4.97. The number of hydrogen-bond acceptors (Lipinski definition) is 1. The number of carbonyl (C=O) groups is 1. The number of piperidine rings is 1. The lowest BCUT2D eigenvalue weighted by Gasteiger charge is -2.31. The van der Waals surface area contributed by atoms with Gasteiger partial charge in [-0.1, -0.05) is 11.6 Å². The Morgan fingerprint density at radius 1 is 1.14 bits per heavy atom. The van der Waals surface area contributed by atoms with Crippen LogP contribution in [0.5, 0.6) is 0 Å². The summed E-state index contributed by atoms with van der Waals surface area (Å²) >= 11 is 0. The van der Waals surface area contributed by atoms with Crippen molar-refractivity contribution in [2.45, 2.75) is 38.5 Å². The van der Waals surface area contributed by atoms with Gasteiger partial charge in [0.1, 0.15) is 0 Å². The van der Waals surface area contributed by atoms with E-state index in [1.54, 1.807) is 0 Å². The van der Waals surface area contributed by atoms with Crippen molar-refractivity contribution in [1.29, 1.82) is 0 Å². The van der Waals surface area contributed by atoms with Crippen LogP contribution in [0.25, 0.3) is 10.9 Å². The number of aromatic nitrogens is 1. The van der Waals surface area contributed by atoms with Crippen molar-refractivity contribution in [3.8, 4) is 0 Å². The first-order chi connectivity index (χ1) is 10.2. The summed E-state index contributed by atoms with van der Waals surface area (Å²) in [5.41, 5.74) is 3.87. The molecule has 2 fully saturated rings. The van der Waals surface area contributed by atoms with Crippen LogP contribution in [-0.4, -0.2) is 28.9 Å². The molecule has 2 aliphatic rings. The van der Waals surface area contributed by atoms with E-state index in [1.165, 1.54) is 22.2 Å². The SMILES string of the molecule is Cc1ccc2[nH]c(C3CCN(C(=O)C4CC4)CC3)cc2c1. The van der Waals surface area contributed by atoms with Crippen molar-refractivity contribution in [3.63, 3.8) is 0 Å². The van der Waals surface area contributed by atoms with Crippen LogP contribution in [0, 0.1) is 12.8 Å². The quantitative estimate of drug-likeness (QED) is 0.897. The predicted molar refractivity (Wildman–Crippen MR) is 84.3 cm³/mol. The van der Waals surface area contributed by atoms with Gasteiger partial charge in [-0.2, -0.15) is 0 Å². The first-order valence-corrected chi connectivity index (χ1v) is 8.09. The topological polar surface area (TPSA) is 36.1 Å². The Morgan fingerprint density at radius 2 is 1.90 bits per heavy atom. The number of nitrogens with zero attached hydrogens (tertiary/aromatic N) is 1. The summed E-state index contributed by atoms with van der Waals surface area (Å²) in [7, 11) is 0. The summed E-state index contributed by atoms with van der Waals surface area (Å²) in [4.78, 5) is 17.8. The molecule has 0 spiro atoms. The molecule has 1 aromatic carbocycles. The van der Waals surface area contributed by atoms with Crippen molar-refractivity contribution >= 4 is 16.8 Å². The Labute approximate surface area is 125 Å². The number of likely N-dealkylation sites (tertiary alicyclic amines) is 1. The van der Waals surface area contributed by atoms with Crippen LogP contribution in [-0.2, 0) is 4.79 Å². The highest BCUT2D eigenvalue weighted by atomic mass is 16.2. The molecule has 1 aromatic heterocycles. The van der Waals surface area contributed by atoms with E-state index < -0.39 is 0 Å². The van der Waals surface area contributed by atoms with Crippen LogP contribution in [0.2, 0.25) is 0 Å². The number of amides is 1. The number of nitrogens with one attached hydrogen (secondary N) is 1. The minimum absolute atomic E-state index is 0.359. The van der Waals surface area contributed by atoms with Gasteiger partial charge in [-0.3, -0.25) is 4.79 Å². The van der Waals surface area contributed by atoms with E-state index in [2.05, 4.69) is 41.1 Å². The lowest BCUT2D eigenvalue weighted by atomic mass is 9.93. The molecule has 0 unspecified atom stereocenters. The van der Waals surface area contributed by atoms with Gasteiger partial charge in [0, 0.05) is 36.1 Å². The van der Waals surface area contributed by atoms with Gasteiger partial charge in [0.15, 0.2) is 0 Å². The molecule has 2 heterocycles. The van der Waals surface area contributed by atoms with Gasteiger partial charge in [0.2, 0.25) is 5.91 Å². The van der Waals surface area contributed by atoms with Crippen molar-refractivity contribution in [3.05, 3.63) is 35.5 Å². The maximum atomic E-state index is 12.1. The molecule has 1 amide bonds. The van der Waals surface area contributed by atoms with Gasteiger partial charge in [-0.15, -0.1) is 0 Å². The number of hydrogen-bond donors (Lipinski definition) is 1. The van der Waals surface area contributed by atoms with E-state index >= 15 is 0 Å². The van der Waals surface area contributed by atoms with E-state index in [1.807, 2.05) is 0 Å². The molecule has 3 nitrogen and oxygen atoms in total. The fourth-order valence-electron chi connectivity index (χ4n) is 3.49. The van der Waals surface area contributed by atoms with Crippen LogP contribution in [0.1, 0.15) is 42.9 Å². The molecule has 0 atom stereocenters. The monoisotopic (exact) mass is 282 g/mol. The fourth-order valence-corrected chi connectivity index (χ4v) is 3.49. The van der Waals surface area contributed by atoms with E-state index in [9.17, 15) is 4.79 Å². The molecule has 1 aliphatic carbocycles. The number of carbonyl (C=O) groups excluding carboxylic acids is 1. The number of aryl methyl sites for hydroxylation is 1. The second kappa shape index (κ2) is 4.90. The van der Waals surface area contributed by atoms with Gasteiger partial charge in [0.25, 0.3) is 0 Å². The second-order valence-electron chi connectivity index (χ2n) is 6.69. The third-order valence-electron chi connectivity index (χ3n) is 4.97. The number of fused-ring (bicyclic) bond motifs is 1. The van der Waals surface area contributed by atoms with E-state index in [0.29, 0.717) is 17.7 Å². The Hall–Kier alpha value is -1.77. The van der Waals surface area contributed by atoms with Gasteiger partial charge < -0.3 is 9.88 Å². The summed E-state index contributed by atoms with van der Waals surface area (Å²) in [6.07, 6.45) is 4.40.